The molecule has 0 saturated carbocycles. The van der Waals surface area contributed by atoms with Crippen LogP contribution in [-0.2, 0) is 14.3 Å². The number of aliphatic hydroxyl groups is 2. The molecule has 1 fully saturated rings. The molecular formula is C17H23ClN2O7. The zero-order valence-electron chi connectivity index (χ0n) is 15.4. The van der Waals surface area contributed by atoms with E-state index >= 15 is 0 Å². The zero-order chi connectivity index (χ0) is 20.6. The number of ether oxygens (including phenoxy) is 2. The van der Waals surface area contributed by atoms with Crippen LogP contribution >= 0.6 is 11.6 Å². The summed E-state index contributed by atoms with van der Waals surface area (Å²) in [5.74, 6) is -0.546. The van der Waals surface area contributed by atoms with E-state index in [4.69, 9.17) is 21.1 Å². The first kappa shape index (κ1) is 21.4. The van der Waals surface area contributed by atoms with Crippen LogP contribution in [0.25, 0.3) is 0 Å². The molecule has 1 aliphatic heterocycles. The largest absolute Gasteiger partial charge is 0.462 e. The maximum absolute atomic E-state index is 12.1. The number of H-pyrrole nitrogens is 1. The fourth-order valence-corrected chi connectivity index (χ4v) is 2.83. The van der Waals surface area contributed by atoms with E-state index in [-0.39, 0.29) is 5.56 Å². The van der Waals surface area contributed by atoms with Crippen LogP contribution in [0, 0.1) is 12.3 Å². The van der Waals surface area contributed by atoms with Gasteiger partial charge in [0, 0.05) is 17.3 Å². The minimum absolute atomic E-state index is 0.212. The number of aromatic amines is 1. The maximum atomic E-state index is 12.1. The van der Waals surface area contributed by atoms with Crippen molar-refractivity contribution in [3.8, 4) is 0 Å². The number of halogens is 1. The summed E-state index contributed by atoms with van der Waals surface area (Å²) >= 11 is 5.65. The number of aliphatic hydroxyl groups excluding tert-OH is 2. The molecule has 1 aliphatic rings. The Labute approximate surface area is 160 Å². The van der Waals surface area contributed by atoms with Gasteiger partial charge in [0.25, 0.3) is 5.56 Å². The van der Waals surface area contributed by atoms with E-state index in [9.17, 15) is 24.6 Å². The first-order valence-electron chi connectivity index (χ1n) is 8.24. The molecule has 0 amide bonds. The predicted octanol–water partition coefficient (Wildman–Crippen LogP) is 0.176. The van der Waals surface area contributed by atoms with Gasteiger partial charge in [-0.15, -0.1) is 0 Å². The summed E-state index contributed by atoms with van der Waals surface area (Å²) in [5, 5.41) is 21.0. The molecule has 0 bridgehead atoms. The van der Waals surface area contributed by atoms with Gasteiger partial charge >= 0.3 is 11.7 Å². The lowest BCUT2D eigenvalue weighted by Gasteiger charge is -2.29. The highest BCUT2D eigenvalue weighted by Gasteiger charge is 2.55. The van der Waals surface area contributed by atoms with Crippen molar-refractivity contribution < 1.29 is 24.5 Å². The van der Waals surface area contributed by atoms with Gasteiger partial charge in [-0.05, 0) is 33.8 Å². The average molecular weight is 403 g/mol. The molecule has 0 radical (unpaired) electrons. The average Bonchev–Trinajstić information content (AvgIpc) is 2.81. The van der Waals surface area contributed by atoms with Crippen LogP contribution < -0.4 is 11.2 Å². The van der Waals surface area contributed by atoms with Crippen molar-refractivity contribution in [3.63, 3.8) is 0 Å². The van der Waals surface area contributed by atoms with Gasteiger partial charge in [-0.1, -0.05) is 11.6 Å². The molecule has 0 spiro atoms. The SMILES string of the molecule is Cc1cn([C@H]2O[C@@](/C=C\Cl)(COC(=O)C(C)(C)C)C(O)C2O)c(=O)[nH]c1=O. The third-order valence-electron chi connectivity index (χ3n) is 4.26. The summed E-state index contributed by atoms with van der Waals surface area (Å²) in [5.41, 5.74) is -2.58. The molecule has 10 heteroatoms. The van der Waals surface area contributed by atoms with E-state index in [1.54, 1.807) is 20.8 Å². The number of aryl methyl sites for hydroxylation is 1. The third kappa shape index (κ3) is 4.16. The minimum Gasteiger partial charge on any atom is -0.462 e. The maximum Gasteiger partial charge on any atom is 0.330 e. The van der Waals surface area contributed by atoms with Crippen LogP contribution in [0.15, 0.2) is 27.4 Å². The summed E-state index contributed by atoms with van der Waals surface area (Å²) in [7, 11) is 0. The number of nitrogens with one attached hydrogen (secondary N) is 1. The van der Waals surface area contributed by atoms with Crippen LogP contribution in [0.3, 0.4) is 0 Å². The number of carbonyl (C=O) groups is 1. The molecule has 2 unspecified atom stereocenters. The lowest BCUT2D eigenvalue weighted by molar-refractivity contribution is -0.166. The molecule has 9 nitrogen and oxygen atoms in total. The fourth-order valence-electron chi connectivity index (χ4n) is 2.61. The highest BCUT2D eigenvalue weighted by molar-refractivity contribution is 6.25. The van der Waals surface area contributed by atoms with E-state index in [1.165, 1.54) is 19.2 Å². The molecule has 2 heterocycles. The number of carbonyl (C=O) groups excluding carboxylic acids is 1. The van der Waals surface area contributed by atoms with Crippen LogP contribution in [-0.4, -0.2) is 50.1 Å². The van der Waals surface area contributed by atoms with Crippen molar-refractivity contribution in [2.45, 2.75) is 51.7 Å². The number of rotatable bonds is 4. The Balaban J connectivity index is 2.39. The van der Waals surface area contributed by atoms with Crippen LogP contribution in [0.1, 0.15) is 32.6 Å². The molecule has 3 N–H and O–H groups in total. The van der Waals surface area contributed by atoms with E-state index in [0.717, 1.165) is 10.1 Å². The lowest BCUT2D eigenvalue weighted by Crippen LogP contribution is -2.46. The van der Waals surface area contributed by atoms with Crippen molar-refractivity contribution in [2.24, 2.45) is 5.41 Å². The molecule has 1 aromatic heterocycles. The van der Waals surface area contributed by atoms with Gasteiger partial charge in [-0.25, -0.2) is 4.79 Å². The monoisotopic (exact) mass is 402 g/mol. The van der Waals surface area contributed by atoms with Crippen LogP contribution in [0.2, 0.25) is 0 Å². The fraction of sp³-hybridized carbons (Fsp3) is 0.588. The Morgan fingerprint density at radius 3 is 2.63 bits per heavy atom. The molecular weight excluding hydrogens is 380 g/mol. The van der Waals surface area contributed by atoms with Crippen molar-refractivity contribution in [1.29, 1.82) is 0 Å². The number of hydrogen-bond acceptors (Lipinski definition) is 7. The van der Waals surface area contributed by atoms with Crippen molar-refractivity contribution in [1.82, 2.24) is 9.55 Å². The third-order valence-corrected chi connectivity index (χ3v) is 4.39. The standard InChI is InChI=1S/C17H23ClN2O7/c1-9-7-20(15(25)19-12(9)23)13-10(21)11(22)17(27-13,5-6-18)8-26-14(24)16(2,3)4/h5-7,10-11,13,21-22H,8H2,1-4H3,(H,19,23,25)/b6-5-/t10?,11?,13-,17-/m0/s1. The number of hydrogen-bond donors (Lipinski definition) is 3. The van der Waals surface area contributed by atoms with Gasteiger partial charge in [0.15, 0.2) is 11.8 Å². The van der Waals surface area contributed by atoms with Crippen LogP contribution in [0.5, 0.6) is 0 Å². The minimum atomic E-state index is -1.67. The second kappa shape index (κ2) is 7.59. The predicted molar refractivity (Wildman–Crippen MR) is 96.3 cm³/mol. The molecule has 27 heavy (non-hydrogen) atoms. The Kier molecular flexibility index (Phi) is 6.00. The Bertz CT molecular complexity index is 854. The summed E-state index contributed by atoms with van der Waals surface area (Å²) in [4.78, 5) is 37.8. The van der Waals surface area contributed by atoms with E-state index < -0.39 is 53.3 Å². The van der Waals surface area contributed by atoms with E-state index in [2.05, 4.69) is 4.98 Å². The molecule has 1 aromatic rings. The molecule has 1 saturated heterocycles. The molecule has 0 aromatic carbocycles. The van der Waals surface area contributed by atoms with Gasteiger partial charge in [0.1, 0.15) is 18.8 Å². The molecule has 2 rings (SSSR count). The van der Waals surface area contributed by atoms with Gasteiger partial charge < -0.3 is 19.7 Å². The summed E-state index contributed by atoms with van der Waals surface area (Å²) in [6.45, 7) is 6.02. The first-order valence-corrected chi connectivity index (χ1v) is 8.68. The van der Waals surface area contributed by atoms with Crippen LogP contribution in [0.4, 0.5) is 0 Å². The number of aromatic nitrogens is 2. The highest BCUT2D eigenvalue weighted by Crippen LogP contribution is 2.38. The Morgan fingerprint density at radius 2 is 2.07 bits per heavy atom. The second-order valence-electron chi connectivity index (χ2n) is 7.50. The first-order chi connectivity index (χ1) is 12.4. The normalized spacial score (nSPS) is 28.6. The molecule has 150 valence electrons. The highest BCUT2D eigenvalue weighted by atomic mass is 35.5. The Morgan fingerprint density at radius 1 is 1.44 bits per heavy atom. The summed E-state index contributed by atoms with van der Waals surface area (Å²) < 4.78 is 11.9. The number of nitrogens with zero attached hydrogens (tertiary/aromatic N) is 1. The van der Waals surface area contributed by atoms with Crippen molar-refractivity contribution in [2.75, 3.05) is 6.61 Å². The quantitative estimate of drug-likeness (QED) is 0.612. The summed E-state index contributed by atoms with van der Waals surface area (Å²) in [6, 6.07) is 0. The topological polar surface area (TPSA) is 131 Å². The lowest BCUT2D eigenvalue weighted by atomic mass is 9.95. The zero-order valence-corrected chi connectivity index (χ0v) is 16.2. The van der Waals surface area contributed by atoms with Gasteiger partial charge in [-0.3, -0.25) is 19.1 Å². The van der Waals surface area contributed by atoms with E-state index in [1.807, 2.05) is 0 Å². The molecule has 4 atom stereocenters. The van der Waals surface area contributed by atoms with E-state index in [0.29, 0.717) is 0 Å². The van der Waals surface area contributed by atoms with Gasteiger partial charge in [0.05, 0.1) is 5.41 Å². The van der Waals surface area contributed by atoms with Gasteiger partial charge in [-0.2, -0.15) is 0 Å². The van der Waals surface area contributed by atoms with Crippen molar-refractivity contribution >= 4 is 17.6 Å². The second-order valence-corrected chi connectivity index (χ2v) is 7.75. The number of esters is 1. The Hall–Kier alpha value is -1.94. The van der Waals surface area contributed by atoms with Crippen molar-refractivity contribution in [3.05, 3.63) is 44.2 Å². The summed E-state index contributed by atoms with van der Waals surface area (Å²) in [6.07, 6.45) is -1.98. The molecule has 0 aliphatic carbocycles. The van der Waals surface area contributed by atoms with Gasteiger partial charge in [0.2, 0.25) is 0 Å². The smallest absolute Gasteiger partial charge is 0.330 e.